The van der Waals surface area contributed by atoms with Crippen molar-refractivity contribution >= 4 is 5.69 Å². The van der Waals surface area contributed by atoms with Crippen LogP contribution in [0.2, 0.25) is 0 Å². The molecule has 5 heteroatoms. The molecule has 19 heavy (non-hydrogen) atoms. The van der Waals surface area contributed by atoms with Gasteiger partial charge in [-0.3, -0.25) is 0 Å². The summed E-state index contributed by atoms with van der Waals surface area (Å²) in [5, 5.41) is 6.28. The minimum absolute atomic E-state index is 0.294. The zero-order valence-electron chi connectivity index (χ0n) is 11.0. The van der Waals surface area contributed by atoms with Crippen LogP contribution >= 0.6 is 0 Å². The Bertz CT molecular complexity index is 423. The van der Waals surface area contributed by atoms with Crippen molar-refractivity contribution in [2.75, 3.05) is 25.0 Å². The van der Waals surface area contributed by atoms with E-state index in [1.54, 1.807) is 0 Å². The average molecular weight is 272 g/mol. The number of benzene rings is 1. The largest absolute Gasteiger partial charge is 0.382 e. The monoisotopic (exact) mass is 272 g/mol. The van der Waals surface area contributed by atoms with Crippen LogP contribution in [0.15, 0.2) is 18.2 Å². The van der Waals surface area contributed by atoms with Gasteiger partial charge in [0.05, 0.1) is 5.69 Å². The van der Waals surface area contributed by atoms with Crippen LogP contribution in [0.25, 0.3) is 0 Å². The molecule has 1 aliphatic heterocycles. The molecule has 0 saturated carbocycles. The summed E-state index contributed by atoms with van der Waals surface area (Å²) in [4.78, 5) is 0. The first kappa shape index (κ1) is 14.2. The molecule has 1 aromatic rings. The summed E-state index contributed by atoms with van der Waals surface area (Å²) in [5.41, 5.74) is 0.00366. The fraction of sp³-hybridized carbons (Fsp3) is 0.571. The maximum Gasteiger partial charge on any atom is 0.270 e. The van der Waals surface area contributed by atoms with Gasteiger partial charge in [0.2, 0.25) is 0 Å². The third-order valence-corrected chi connectivity index (χ3v) is 3.52. The van der Waals surface area contributed by atoms with Gasteiger partial charge in [0.15, 0.2) is 0 Å². The Morgan fingerprint density at radius 3 is 2.58 bits per heavy atom. The summed E-state index contributed by atoms with van der Waals surface area (Å²) in [6.07, 6.45) is 2.11. The highest BCUT2D eigenvalue weighted by Crippen LogP contribution is 2.29. The van der Waals surface area contributed by atoms with E-state index >= 15 is 0 Å². The summed E-state index contributed by atoms with van der Waals surface area (Å²) in [6.45, 7) is 3.41. The van der Waals surface area contributed by atoms with Crippen LogP contribution in [-0.2, 0) is 5.92 Å². The minimum atomic E-state index is -3.01. The highest BCUT2D eigenvalue weighted by atomic mass is 19.3. The number of alkyl halides is 2. The van der Waals surface area contributed by atoms with E-state index in [0.29, 0.717) is 18.2 Å². The molecule has 106 valence electrons. The van der Waals surface area contributed by atoms with Gasteiger partial charge in [-0.05, 0) is 44.0 Å². The number of hydrogen-bond acceptors (Lipinski definition) is 2. The van der Waals surface area contributed by atoms with Crippen LogP contribution in [-0.4, -0.2) is 19.6 Å². The third-order valence-electron chi connectivity index (χ3n) is 3.52. The maximum absolute atomic E-state index is 13.7. The van der Waals surface area contributed by atoms with Gasteiger partial charge in [0.25, 0.3) is 5.92 Å². The molecule has 1 aromatic carbocycles. The topological polar surface area (TPSA) is 24.1 Å². The molecule has 1 aliphatic rings. The summed E-state index contributed by atoms with van der Waals surface area (Å²) >= 11 is 0. The maximum atomic E-state index is 13.7. The fourth-order valence-electron chi connectivity index (χ4n) is 2.27. The summed E-state index contributed by atoms with van der Waals surface area (Å²) in [5.74, 6) is -3.12. The molecule has 2 nitrogen and oxygen atoms in total. The van der Waals surface area contributed by atoms with Crippen LogP contribution in [0.5, 0.6) is 0 Å². The van der Waals surface area contributed by atoms with Crippen LogP contribution in [0, 0.1) is 11.7 Å². The number of hydrogen-bond donors (Lipinski definition) is 2. The van der Waals surface area contributed by atoms with Gasteiger partial charge in [-0.2, -0.15) is 0 Å². The van der Waals surface area contributed by atoms with Gasteiger partial charge in [-0.25, -0.2) is 13.2 Å². The molecule has 1 heterocycles. The van der Waals surface area contributed by atoms with Gasteiger partial charge in [-0.1, -0.05) is 6.07 Å². The normalized spacial score (nSPS) is 17.5. The molecule has 0 radical (unpaired) electrons. The quantitative estimate of drug-likeness (QED) is 0.878. The van der Waals surface area contributed by atoms with E-state index in [1.807, 2.05) is 0 Å². The zero-order chi connectivity index (χ0) is 13.9. The minimum Gasteiger partial charge on any atom is -0.382 e. The van der Waals surface area contributed by atoms with Gasteiger partial charge in [-0.15, -0.1) is 0 Å². The lowest BCUT2D eigenvalue weighted by atomic mass is 9.98. The first-order chi connectivity index (χ1) is 8.97. The average Bonchev–Trinajstić information content (AvgIpc) is 2.37. The third kappa shape index (κ3) is 3.86. The smallest absolute Gasteiger partial charge is 0.270 e. The van der Waals surface area contributed by atoms with Gasteiger partial charge in [0, 0.05) is 19.0 Å². The predicted molar refractivity (Wildman–Crippen MR) is 70.1 cm³/mol. The SMILES string of the molecule is CC(F)(F)c1ccc(NCC2CCNCC2)c(F)c1. The summed E-state index contributed by atoms with van der Waals surface area (Å²) < 4.78 is 39.8. The predicted octanol–water partition coefficient (Wildman–Crippen LogP) is 3.35. The van der Waals surface area contributed by atoms with Crippen molar-refractivity contribution in [1.82, 2.24) is 5.32 Å². The second-order valence-electron chi connectivity index (χ2n) is 5.16. The van der Waals surface area contributed by atoms with Gasteiger partial charge in [0.1, 0.15) is 5.82 Å². The Morgan fingerprint density at radius 2 is 2.00 bits per heavy atom. The molecule has 0 aliphatic carbocycles. The second kappa shape index (κ2) is 5.82. The molecular formula is C14H19F3N2. The number of nitrogens with one attached hydrogen (secondary N) is 2. The Kier molecular flexibility index (Phi) is 4.34. The molecule has 2 rings (SSSR count). The van der Waals surface area contributed by atoms with Crippen molar-refractivity contribution in [2.45, 2.75) is 25.7 Å². The van der Waals surface area contributed by atoms with Gasteiger partial charge < -0.3 is 10.6 Å². The lowest BCUT2D eigenvalue weighted by Gasteiger charge is -2.23. The van der Waals surface area contributed by atoms with Crippen molar-refractivity contribution < 1.29 is 13.2 Å². The Labute approximate surface area is 111 Å². The lowest BCUT2D eigenvalue weighted by Crippen LogP contribution is -2.31. The fourth-order valence-corrected chi connectivity index (χ4v) is 2.27. The van der Waals surface area contributed by atoms with Crippen LogP contribution in [0.1, 0.15) is 25.3 Å². The Hall–Kier alpha value is -1.23. The van der Waals surface area contributed by atoms with E-state index in [0.717, 1.165) is 38.9 Å². The van der Waals surface area contributed by atoms with Crippen molar-refractivity contribution in [2.24, 2.45) is 5.92 Å². The first-order valence-corrected chi connectivity index (χ1v) is 6.59. The highest BCUT2D eigenvalue weighted by molar-refractivity contribution is 5.47. The van der Waals surface area contributed by atoms with E-state index in [9.17, 15) is 13.2 Å². The van der Waals surface area contributed by atoms with Crippen molar-refractivity contribution in [1.29, 1.82) is 0 Å². The van der Waals surface area contributed by atoms with E-state index in [2.05, 4.69) is 10.6 Å². The van der Waals surface area contributed by atoms with Crippen molar-refractivity contribution in [3.63, 3.8) is 0 Å². The number of piperidine rings is 1. The van der Waals surface area contributed by atoms with Crippen molar-refractivity contribution in [3.05, 3.63) is 29.6 Å². The highest BCUT2D eigenvalue weighted by Gasteiger charge is 2.25. The molecule has 0 aromatic heterocycles. The number of rotatable bonds is 4. The molecule has 0 bridgehead atoms. The zero-order valence-corrected chi connectivity index (χ0v) is 11.0. The van der Waals surface area contributed by atoms with Crippen LogP contribution in [0.4, 0.5) is 18.9 Å². The summed E-state index contributed by atoms with van der Waals surface area (Å²) in [7, 11) is 0. The van der Waals surface area contributed by atoms with Crippen molar-refractivity contribution in [3.8, 4) is 0 Å². The Balaban J connectivity index is 1.97. The molecular weight excluding hydrogens is 253 g/mol. The van der Waals surface area contributed by atoms with E-state index in [1.165, 1.54) is 12.1 Å². The lowest BCUT2D eigenvalue weighted by molar-refractivity contribution is 0.0172. The molecule has 0 unspecified atom stereocenters. The second-order valence-corrected chi connectivity index (χ2v) is 5.16. The molecule has 2 N–H and O–H groups in total. The molecule has 1 saturated heterocycles. The molecule has 0 atom stereocenters. The van der Waals surface area contributed by atoms with Crippen LogP contribution < -0.4 is 10.6 Å². The number of halogens is 3. The molecule has 1 fully saturated rings. The Morgan fingerprint density at radius 1 is 1.32 bits per heavy atom. The number of anilines is 1. The van der Waals surface area contributed by atoms with Crippen LogP contribution in [0.3, 0.4) is 0 Å². The standard InChI is InChI=1S/C14H19F3N2/c1-14(16,17)11-2-3-13(12(15)8-11)19-9-10-4-6-18-7-5-10/h2-3,8,10,18-19H,4-7,9H2,1H3. The van der Waals surface area contributed by atoms with Gasteiger partial charge >= 0.3 is 0 Å². The molecule has 0 amide bonds. The molecule has 0 spiro atoms. The van der Waals surface area contributed by atoms with E-state index in [4.69, 9.17) is 0 Å². The first-order valence-electron chi connectivity index (χ1n) is 6.59. The van der Waals surface area contributed by atoms with E-state index < -0.39 is 11.7 Å². The summed E-state index contributed by atoms with van der Waals surface area (Å²) in [6, 6.07) is 3.57. The van der Waals surface area contributed by atoms with E-state index in [-0.39, 0.29) is 5.56 Å².